The number of carbonyl (C=O) groups excluding carboxylic acids is 3. The van der Waals surface area contributed by atoms with Crippen molar-refractivity contribution >= 4 is 45.6 Å². The van der Waals surface area contributed by atoms with Crippen LogP contribution in [0, 0.1) is 0 Å². The monoisotopic (exact) mass is 465 g/mol. The van der Waals surface area contributed by atoms with Crippen molar-refractivity contribution in [2.24, 2.45) is 5.10 Å². The van der Waals surface area contributed by atoms with Crippen LogP contribution in [-0.2, 0) is 9.59 Å². The van der Waals surface area contributed by atoms with Gasteiger partial charge < -0.3 is 10.1 Å². The molecule has 0 saturated heterocycles. The van der Waals surface area contributed by atoms with E-state index in [0.717, 1.165) is 4.47 Å². The fraction of sp³-hybridized carbons (Fsp3) is 0. The fourth-order valence-corrected chi connectivity index (χ4v) is 2.73. The second-order valence-corrected chi connectivity index (χ2v) is 6.90. The third-order valence-corrected chi connectivity index (χ3v) is 4.26. The van der Waals surface area contributed by atoms with Gasteiger partial charge in [-0.2, -0.15) is 5.10 Å². The van der Waals surface area contributed by atoms with Crippen LogP contribution in [0.1, 0.15) is 15.9 Å². The molecule has 0 aromatic heterocycles. The number of esters is 1. The largest absolute Gasteiger partial charge is 0.423 e. The van der Waals surface area contributed by atoms with Gasteiger partial charge in [0.1, 0.15) is 5.75 Å². The Hall–Kier alpha value is -3.78. The summed E-state index contributed by atoms with van der Waals surface area (Å²) in [5.74, 6) is -1.83. The number of rotatable bonds is 5. The number of ether oxygens (including phenoxy) is 1. The standard InChI is InChI=1S/C22H16BrN3O4/c23-17-6-4-5-16(13-17)22(29)30-19-11-9-15(10-12-19)14-24-26-21(28)20(27)25-18-7-2-1-3-8-18/h1-14H,(H,25,27)(H,26,28). The minimum Gasteiger partial charge on any atom is -0.423 e. The van der Waals surface area contributed by atoms with Crippen LogP contribution in [0.25, 0.3) is 0 Å². The second-order valence-electron chi connectivity index (χ2n) is 5.99. The van der Waals surface area contributed by atoms with Crippen molar-refractivity contribution in [2.75, 3.05) is 5.32 Å². The third-order valence-electron chi connectivity index (χ3n) is 3.77. The predicted octanol–water partition coefficient (Wildman–Crippen LogP) is 3.76. The summed E-state index contributed by atoms with van der Waals surface area (Å²) in [6.45, 7) is 0. The fourth-order valence-electron chi connectivity index (χ4n) is 2.33. The molecule has 150 valence electrons. The highest BCUT2D eigenvalue weighted by Crippen LogP contribution is 2.16. The van der Waals surface area contributed by atoms with E-state index in [1.54, 1.807) is 72.8 Å². The molecular weight excluding hydrogens is 450 g/mol. The van der Waals surface area contributed by atoms with Crippen molar-refractivity contribution in [2.45, 2.75) is 0 Å². The minimum absolute atomic E-state index is 0.364. The van der Waals surface area contributed by atoms with Gasteiger partial charge in [0.05, 0.1) is 11.8 Å². The molecule has 0 bridgehead atoms. The van der Waals surface area contributed by atoms with Crippen LogP contribution in [0.15, 0.2) is 88.4 Å². The molecule has 0 fully saturated rings. The zero-order valence-electron chi connectivity index (χ0n) is 15.5. The number of carbonyl (C=O) groups is 3. The van der Waals surface area contributed by atoms with E-state index in [-0.39, 0.29) is 0 Å². The predicted molar refractivity (Wildman–Crippen MR) is 116 cm³/mol. The number of hydrogen-bond donors (Lipinski definition) is 2. The SMILES string of the molecule is O=C(NN=Cc1ccc(OC(=O)c2cccc(Br)c2)cc1)C(=O)Nc1ccccc1. The topological polar surface area (TPSA) is 96.9 Å². The molecule has 0 heterocycles. The minimum atomic E-state index is -0.894. The summed E-state index contributed by atoms with van der Waals surface area (Å²) >= 11 is 3.31. The van der Waals surface area contributed by atoms with Gasteiger partial charge in [-0.05, 0) is 60.2 Å². The Morgan fingerprint density at radius 2 is 1.60 bits per heavy atom. The number of anilines is 1. The summed E-state index contributed by atoms with van der Waals surface area (Å²) in [6, 6.07) is 22.0. The number of halogens is 1. The van der Waals surface area contributed by atoms with Crippen LogP contribution in [0.3, 0.4) is 0 Å². The molecule has 3 aromatic carbocycles. The maximum absolute atomic E-state index is 12.1. The molecule has 0 unspecified atom stereocenters. The normalized spacial score (nSPS) is 10.4. The molecule has 3 rings (SSSR count). The summed E-state index contributed by atoms with van der Waals surface area (Å²) < 4.78 is 6.09. The molecule has 8 heteroatoms. The lowest BCUT2D eigenvalue weighted by Gasteiger charge is -2.05. The highest BCUT2D eigenvalue weighted by molar-refractivity contribution is 9.10. The van der Waals surface area contributed by atoms with Crippen LogP contribution in [-0.4, -0.2) is 24.0 Å². The molecule has 0 spiro atoms. The van der Waals surface area contributed by atoms with E-state index in [2.05, 4.69) is 31.8 Å². The molecule has 0 atom stereocenters. The zero-order chi connectivity index (χ0) is 21.3. The number of hydrazone groups is 1. The van der Waals surface area contributed by atoms with Crippen LogP contribution in [0.2, 0.25) is 0 Å². The number of para-hydroxylation sites is 1. The summed E-state index contributed by atoms with van der Waals surface area (Å²) in [7, 11) is 0. The molecule has 30 heavy (non-hydrogen) atoms. The van der Waals surface area contributed by atoms with E-state index in [1.165, 1.54) is 6.21 Å². The van der Waals surface area contributed by atoms with Crippen LogP contribution in [0.4, 0.5) is 5.69 Å². The lowest BCUT2D eigenvalue weighted by Crippen LogP contribution is -2.32. The molecule has 0 saturated carbocycles. The number of benzene rings is 3. The van der Waals surface area contributed by atoms with Gasteiger partial charge >= 0.3 is 17.8 Å². The van der Waals surface area contributed by atoms with Crippen molar-refractivity contribution in [3.05, 3.63) is 94.5 Å². The Labute approximate surface area is 180 Å². The molecule has 2 amide bonds. The summed E-state index contributed by atoms with van der Waals surface area (Å²) in [6.07, 6.45) is 1.37. The molecule has 7 nitrogen and oxygen atoms in total. The van der Waals surface area contributed by atoms with Gasteiger partial charge in [0.25, 0.3) is 0 Å². The zero-order valence-corrected chi connectivity index (χ0v) is 17.1. The van der Waals surface area contributed by atoms with Crippen molar-refractivity contribution in [1.29, 1.82) is 0 Å². The summed E-state index contributed by atoms with van der Waals surface area (Å²) in [5.41, 5.74) is 3.72. The van der Waals surface area contributed by atoms with Gasteiger partial charge in [-0.1, -0.05) is 40.2 Å². The Morgan fingerprint density at radius 1 is 0.867 bits per heavy atom. The first-order valence-electron chi connectivity index (χ1n) is 8.78. The van der Waals surface area contributed by atoms with Gasteiger partial charge in [-0.25, -0.2) is 10.2 Å². The maximum Gasteiger partial charge on any atom is 0.343 e. The van der Waals surface area contributed by atoms with Crippen LogP contribution >= 0.6 is 15.9 Å². The highest BCUT2D eigenvalue weighted by atomic mass is 79.9. The van der Waals surface area contributed by atoms with Gasteiger partial charge in [-0.15, -0.1) is 0 Å². The Morgan fingerprint density at radius 3 is 2.30 bits per heavy atom. The maximum atomic E-state index is 12.1. The van der Waals surface area contributed by atoms with Gasteiger partial charge in [0.2, 0.25) is 0 Å². The van der Waals surface area contributed by atoms with E-state index in [1.807, 2.05) is 6.07 Å². The van der Waals surface area contributed by atoms with E-state index >= 15 is 0 Å². The molecule has 0 aliphatic heterocycles. The number of nitrogens with one attached hydrogen (secondary N) is 2. The quantitative estimate of drug-likeness (QED) is 0.197. The Balaban J connectivity index is 1.51. The van der Waals surface area contributed by atoms with Crippen LogP contribution in [0.5, 0.6) is 5.75 Å². The van der Waals surface area contributed by atoms with E-state index in [4.69, 9.17) is 4.74 Å². The third kappa shape index (κ3) is 6.11. The first-order valence-corrected chi connectivity index (χ1v) is 9.58. The molecule has 2 N–H and O–H groups in total. The Kier molecular flexibility index (Phi) is 7.07. The smallest absolute Gasteiger partial charge is 0.343 e. The van der Waals surface area contributed by atoms with Gasteiger partial charge in [-0.3, -0.25) is 9.59 Å². The van der Waals surface area contributed by atoms with E-state index in [0.29, 0.717) is 22.6 Å². The van der Waals surface area contributed by atoms with E-state index < -0.39 is 17.8 Å². The van der Waals surface area contributed by atoms with Gasteiger partial charge in [0, 0.05) is 10.2 Å². The van der Waals surface area contributed by atoms with E-state index in [9.17, 15) is 14.4 Å². The summed E-state index contributed by atoms with van der Waals surface area (Å²) in [5, 5.41) is 6.21. The van der Waals surface area contributed by atoms with Crippen LogP contribution < -0.4 is 15.5 Å². The molecule has 0 aliphatic rings. The van der Waals surface area contributed by atoms with Crippen molar-refractivity contribution in [3.8, 4) is 5.75 Å². The first-order chi connectivity index (χ1) is 14.5. The average Bonchev–Trinajstić information content (AvgIpc) is 2.75. The Bertz CT molecular complexity index is 1080. The molecule has 0 radical (unpaired) electrons. The number of amides is 2. The number of nitrogens with zero attached hydrogens (tertiary/aromatic N) is 1. The van der Waals surface area contributed by atoms with Gasteiger partial charge in [0.15, 0.2) is 0 Å². The average molecular weight is 466 g/mol. The number of hydrogen-bond acceptors (Lipinski definition) is 5. The molecular formula is C22H16BrN3O4. The van der Waals surface area contributed by atoms with Crippen molar-refractivity contribution < 1.29 is 19.1 Å². The molecule has 3 aromatic rings. The lowest BCUT2D eigenvalue weighted by molar-refractivity contribution is -0.136. The first kappa shape index (κ1) is 20.9. The van der Waals surface area contributed by atoms with Crippen molar-refractivity contribution in [3.63, 3.8) is 0 Å². The van der Waals surface area contributed by atoms with Crippen molar-refractivity contribution in [1.82, 2.24) is 5.43 Å². The lowest BCUT2D eigenvalue weighted by atomic mass is 10.2. The highest BCUT2D eigenvalue weighted by Gasteiger charge is 2.12. The molecule has 0 aliphatic carbocycles. The second kappa shape index (κ2) is 10.1. The summed E-state index contributed by atoms with van der Waals surface area (Å²) in [4.78, 5) is 35.7.